The minimum absolute atomic E-state index is 0.332. The first-order chi connectivity index (χ1) is 6.81. The average molecular weight is 186 g/mol. The first-order valence-electron chi connectivity index (χ1n) is 4.32. The minimum atomic E-state index is -0.393. The lowest BCUT2D eigenvalue weighted by Crippen LogP contribution is -1.85. The maximum absolute atomic E-state index is 13.1. The zero-order valence-electron chi connectivity index (χ0n) is 7.57. The third kappa shape index (κ3) is 1.51. The predicted molar refractivity (Wildman–Crippen MR) is 56.2 cm³/mol. The molecule has 0 atom stereocenters. The van der Waals surface area contributed by atoms with Gasteiger partial charge in [-0.2, -0.15) is 0 Å². The van der Waals surface area contributed by atoms with Crippen molar-refractivity contribution >= 4 is 16.7 Å². The van der Waals surface area contributed by atoms with E-state index in [1.54, 1.807) is 6.07 Å². The predicted octanol–water partition coefficient (Wildman–Crippen LogP) is 3.38. The fourth-order valence-corrected chi connectivity index (χ4v) is 1.30. The monoisotopic (exact) mass is 186 g/mol. The van der Waals surface area contributed by atoms with Crippen molar-refractivity contribution in [3.05, 3.63) is 55.1 Å². The molecular formula is C12H9FN. The summed E-state index contributed by atoms with van der Waals surface area (Å²) in [6, 6.07) is 11.1. The van der Waals surface area contributed by atoms with Crippen LogP contribution in [0.15, 0.2) is 42.5 Å². The fourth-order valence-electron chi connectivity index (χ4n) is 1.30. The molecule has 0 unspecified atom stereocenters. The van der Waals surface area contributed by atoms with Gasteiger partial charge in [-0.05, 0) is 25.1 Å². The summed E-state index contributed by atoms with van der Waals surface area (Å²) < 4.78 is 13.1. The largest absolute Gasteiger partial charge is 0.245 e. The number of fused-ring (bicyclic) bond motifs is 1. The van der Waals surface area contributed by atoms with Crippen LogP contribution in [0.4, 0.5) is 4.39 Å². The Morgan fingerprint density at radius 3 is 2.79 bits per heavy atom. The van der Waals surface area contributed by atoms with Gasteiger partial charge in [0.25, 0.3) is 0 Å². The minimum Gasteiger partial charge on any atom is -0.245 e. The molecule has 1 aromatic heterocycles. The van der Waals surface area contributed by atoms with Crippen LogP contribution >= 0.6 is 0 Å². The normalized spacial score (nSPS) is 12.0. The van der Waals surface area contributed by atoms with Gasteiger partial charge in [0.2, 0.25) is 0 Å². The van der Waals surface area contributed by atoms with Gasteiger partial charge in [-0.15, -0.1) is 0 Å². The fraction of sp³-hybridized carbons (Fsp3) is 0. The second kappa shape index (κ2) is 3.58. The van der Waals surface area contributed by atoms with E-state index in [4.69, 9.17) is 0 Å². The Labute approximate surface area is 81.9 Å². The molecule has 2 aromatic rings. The molecule has 0 aliphatic heterocycles. The van der Waals surface area contributed by atoms with Crippen molar-refractivity contribution in [2.24, 2.45) is 0 Å². The van der Waals surface area contributed by atoms with Crippen LogP contribution in [0.25, 0.3) is 16.7 Å². The number of hydrogen-bond acceptors (Lipinski definition) is 1. The van der Waals surface area contributed by atoms with E-state index in [0.717, 1.165) is 17.0 Å². The molecular weight excluding hydrogens is 177 g/mol. The number of hydrogen-bond donors (Lipinski definition) is 0. The van der Waals surface area contributed by atoms with E-state index in [2.05, 4.69) is 11.9 Å². The van der Waals surface area contributed by atoms with Crippen LogP contribution < -0.4 is 0 Å². The number of para-hydroxylation sites is 1. The van der Waals surface area contributed by atoms with E-state index < -0.39 is 5.83 Å². The molecule has 1 nitrogen and oxygen atoms in total. The van der Waals surface area contributed by atoms with Crippen LogP contribution in [-0.4, -0.2) is 4.98 Å². The molecule has 0 N–H and O–H groups in total. The van der Waals surface area contributed by atoms with Crippen molar-refractivity contribution in [3.8, 4) is 0 Å². The second-order valence-electron chi connectivity index (χ2n) is 2.94. The van der Waals surface area contributed by atoms with Crippen LogP contribution in [0.5, 0.6) is 0 Å². The van der Waals surface area contributed by atoms with E-state index in [0.29, 0.717) is 5.69 Å². The molecule has 0 saturated heterocycles. The molecule has 0 amide bonds. The molecule has 0 aliphatic rings. The quantitative estimate of drug-likeness (QED) is 0.665. The summed E-state index contributed by atoms with van der Waals surface area (Å²) in [6.07, 6.45) is 1.16. The van der Waals surface area contributed by atoms with Crippen molar-refractivity contribution in [1.29, 1.82) is 0 Å². The van der Waals surface area contributed by atoms with Crippen LogP contribution in [-0.2, 0) is 0 Å². The Hall–Kier alpha value is -1.70. The molecule has 0 bridgehead atoms. The maximum Gasteiger partial charge on any atom is 0.144 e. The van der Waals surface area contributed by atoms with Crippen molar-refractivity contribution in [1.82, 2.24) is 4.98 Å². The van der Waals surface area contributed by atoms with E-state index in [1.165, 1.54) is 0 Å². The van der Waals surface area contributed by atoms with Crippen LogP contribution in [0.1, 0.15) is 5.69 Å². The highest BCUT2D eigenvalue weighted by atomic mass is 19.1. The summed E-state index contributed by atoms with van der Waals surface area (Å²) in [5.41, 5.74) is 1.13. The van der Waals surface area contributed by atoms with E-state index in [9.17, 15) is 4.39 Å². The SMILES string of the molecule is [CH2]/C=C(/F)c1ccc2ccccc2n1. The first-order valence-corrected chi connectivity index (χ1v) is 4.32. The van der Waals surface area contributed by atoms with Gasteiger partial charge >= 0.3 is 0 Å². The Bertz CT molecular complexity index is 488. The molecule has 0 fully saturated rings. The number of pyridine rings is 1. The lowest BCUT2D eigenvalue weighted by Gasteiger charge is -1.99. The van der Waals surface area contributed by atoms with Crippen molar-refractivity contribution in [2.45, 2.75) is 0 Å². The molecule has 14 heavy (non-hydrogen) atoms. The molecule has 1 radical (unpaired) electrons. The van der Waals surface area contributed by atoms with Crippen LogP contribution in [0.2, 0.25) is 0 Å². The Kier molecular flexibility index (Phi) is 2.27. The first kappa shape index (κ1) is 8.88. The highest BCUT2D eigenvalue weighted by molar-refractivity contribution is 5.80. The number of benzene rings is 1. The molecule has 69 valence electrons. The molecule has 2 heteroatoms. The topological polar surface area (TPSA) is 12.9 Å². The third-order valence-electron chi connectivity index (χ3n) is 2.02. The van der Waals surface area contributed by atoms with Gasteiger partial charge in [-0.3, -0.25) is 0 Å². The second-order valence-corrected chi connectivity index (χ2v) is 2.94. The van der Waals surface area contributed by atoms with E-state index in [1.807, 2.05) is 30.3 Å². The van der Waals surface area contributed by atoms with Crippen molar-refractivity contribution < 1.29 is 4.39 Å². The van der Waals surface area contributed by atoms with Crippen molar-refractivity contribution in [3.63, 3.8) is 0 Å². The lowest BCUT2D eigenvalue weighted by molar-refractivity contribution is 0.754. The highest BCUT2D eigenvalue weighted by Gasteiger charge is 2.01. The Morgan fingerprint density at radius 2 is 2.00 bits per heavy atom. The smallest absolute Gasteiger partial charge is 0.144 e. The van der Waals surface area contributed by atoms with Gasteiger partial charge in [0.05, 0.1) is 11.2 Å². The number of rotatable bonds is 1. The molecule has 1 heterocycles. The third-order valence-corrected chi connectivity index (χ3v) is 2.02. The molecule has 0 aliphatic carbocycles. The Balaban J connectivity index is 2.62. The number of halogens is 1. The van der Waals surface area contributed by atoms with E-state index in [-0.39, 0.29) is 0 Å². The van der Waals surface area contributed by atoms with Crippen molar-refractivity contribution in [2.75, 3.05) is 0 Å². The summed E-state index contributed by atoms with van der Waals surface area (Å²) in [6.45, 7) is 3.37. The van der Waals surface area contributed by atoms with E-state index >= 15 is 0 Å². The average Bonchev–Trinajstić information content (AvgIpc) is 2.27. The van der Waals surface area contributed by atoms with Gasteiger partial charge in [0.1, 0.15) is 5.83 Å². The molecule has 2 rings (SSSR count). The summed E-state index contributed by atoms with van der Waals surface area (Å²) >= 11 is 0. The Morgan fingerprint density at radius 1 is 1.21 bits per heavy atom. The van der Waals surface area contributed by atoms with Gasteiger partial charge in [0.15, 0.2) is 0 Å². The summed E-state index contributed by atoms with van der Waals surface area (Å²) in [5.74, 6) is -0.393. The molecule has 0 spiro atoms. The zero-order valence-corrected chi connectivity index (χ0v) is 7.57. The standard InChI is InChI=1S/C12H9FN/c1-2-10(13)12-8-7-9-5-3-4-6-11(9)14-12/h2-8H,1H2/b10-2+. The summed E-state index contributed by atoms with van der Waals surface area (Å²) in [7, 11) is 0. The summed E-state index contributed by atoms with van der Waals surface area (Å²) in [5, 5.41) is 1.01. The molecule has 1 aromatic carbocycles. The molecule has 0 saturated carbocycles. The van der Waals surface area contributed by atoms with Gasteiger partial charge in [0, 0.05) is 5.39 Å². The van der Waals surface area contributed by atoms with Crippen LogP contribution in [0.3, 0.4) is 0 Å². The van der Waals surface area contributed by atoms with Gasteiger partial charge < -0.3 is 0 Å². The van der Waals surface area contributed by atoms with Gasteiger partial charge in [-0.1, -0.05) is 24.3 Å². The van der Waals surface area contributed by atoms with Crippen LogP contribution in [0, 0.1) is 6.92 Å². The number of allylic oxidation sites excluding steroid dienone is 1. The number of nitrogens with zero attached hydrogens (tertiary/aromatic N) is 1. The highest BCUT2D eigenvalue weighted by Crippen LogP contribution is 2.17. The zero-order chi connectivity index (χ0) is 9.97. The summed E-state index contributed by atoms with van der Waals surface area (Å²) in [4.78, 5) is 4.16. The van der Waals surface area contributed by atoms with Gasteiger partial charge in [-0.25, -0.2) is 9.37 Å². The lowest BCUT2D eigenvalue weighted by atomic mass is 10.2. The maximum atomic E-state index is 13.1. The number of aromatic nitrogens is 1.